The van der Waals surface area contributed by atoms with E-state index in [9.17, 15) is 9.59 Å². The Bertz CT molecular complexity index is 296. The van der Waals surface area contributed by atoms with Gasteiger partial charge < -0.3 is 14.8 Å². The zero-order valence-electron chi connectivity index (χ0n) is 11.5. The van der Waals surface area contributed by atoms with Crippen molar-refractivity contribution in [3.8, 4) is 0 Å². The summed E-state index contributed by atoms with van der Waals surface area (Å²) in [6.45, 7) is 11.6. The van der Waals surface area contributed by atoms with Gasteiger partial charge in [-0.25, -0.2) is 4.79 Å². The van der Waals surface area contributed by atoms with Gasteiger partial charge in [-0.2, -0.15) is 0 Å². The van der Waals surface area contributed by atoms with Crippen LogP contribution in [0.4, 0.5) is 0 Å². The molecule has 0 saturated heterocycles. The van der Waals surface area contributed by atoms with E-state index in [4.69, 9.17) is 9.53 Å². The maximum absolute atomic E-state index is 10.9. The second-order valence-electron chi connectivity index (χ2n) is 5.66. The first-order valence-electron chi connectivity index (χ1n) is 5.61. The molecule has 0 aliphatic heterocycles. The second-order valence-corrected chi connectivity index (χ2v) is 10.5. The van der Waals surface area contributed by atoms with Gasteiger partial charge in [0.1, 0.15) is 6.04 Å². The maximum Gasteiger partial charge on any atom is 0.328 e. The smallest absolute Gasteiger partial charge is 0.328 e. The molecule has 0 saturated carbocycles. The summed E-state index contributed by atoms with van der Waals surface area (Å²) in [5.41, 5.74) is 0. The third kappa shape index (κ3) is 5.32. The lowest BCUT2D eigenvalue weighted by Crippen LogP contribution is -2.48. The minimum absolute atomic E-state index is 0.0193. The van der Waals surface area contributed by atoms with Gasteiger partial charge in [0.15, 0.2) is 8.32 Å². The lowest BCUT2D eigenvalue weighted by Gasteiger charge is -2.36. The molecule has 17 heavy (non-hydrogen) atoms. The molecule has 0 aromatic heterocycles. The van der Waals surface area contributed by atoms with Crippen molar-refractivity contribution in [2.75, 3.05) is 6.61 Å². The van der Waals surface area contributed by atoms with Crippen LogP contribution in [0.3, 0.4) is 0 Å². The Kier molecular flexibility index (Phi) is 5.34. The molecule has 1 atom stereocenters. The number of hydrogen-bond donors (Lipinski definition) is 2. The summed E-state index contributed by atoms with van der Waals surface area (Å²) in [4.78, 5) is 21.8. The van der Waals surface area contributed by atoms with Crippen LogP contribution in [0.25, 0.3) is 0 Å². The van der Waals surface area contributed by atoms with E-state index < -0.39 is 20.3 Å². The van der Waals surface area contributed by atoms with Crippen LogP contribution in [0.1, 0.15) is 27.7 Å². The van der Waals surface area contributed by atoms with Gasteiger partial charge in [-0.05, 0) is 18.1 Å². The molecule has 0 heterocycles. The normalized spacial score (nSPS) is 14.2. The van der Waals surface area contributed by atoms with Crippen LogP contribution in [0.15, 0.2) is 0 Å². The number of carboxylic acid groups (broad SMARTS) is 1. The molecule has 0 aliphatic rings. The third-order valence-electron chi connectivity index (χ3n) is 3.09. The Labute approximate surface area is 104 Å². The predicted molar refractivity (Wildman–Crippen MR) is 68.4 cm³/mol. The van der Waals surface area contributed by atoms with Crippen LogP contribution in [0.2, 0.25) is 18.1 Å². The second kappa shape index (κ2) is 5.64. The zero-order chi connectivity index (χ0) is 13.9. The maximum atomic E-state index is 10.9. The van der Waals surface area contributed by atoms with Crippen molar-refractivity contribution in [2.45, 2.75) is 51.9 Å². The SMILES string of the molecule is CC(=O)N[C@@H](CO[Si](C)(C)C(C)(C)C)C(=O)O. The molecule has 0 rings (SSSR count). The van der Waals surface area contributed by atoms with Gasteiger partial charge in [-0.15, -0.1) is 0 Å². The Morgan fingerprint density at radius 1 is 1.35 bits per heavy atom. The fraction of sp³-hybridized carbons (Fsp3) is 0.818. The number of amides is 1. The van der Waals surface area contributed by atoms with E-state index in [1.54, 1.807) is 0 Å². The zero-order valence-corrected chi connectivity index (χ0v) is 12.5. The van der Waals surface area contributed by atoms with E-state index in [2.05, 4.69) is 26.1 Å². The van der Waals surface area contributed by atoms with Gasteiger partial charge in [0.05, 0.1) is 6.61 Å². The minimum atomic E-state index is -1.98. The number of nitrogens with one attached hydrogen (secondary N) is 1. The van der Waals surface area contributed by atoms with Gasteiger partial charge >= 0.3 is 5.97 Å². The summed E-state index contributed by atoms with van der Waals surface area (Å²) in [6.07, 6.45) is 0. The van der Waals surface area contributed by atoms with Crippen LogP contribution >= 0.6 is 0 Å². The predicted octanol–water partition coefficient (Wildman–Crippen LogP) is 1.60. The fourth-order valence-corrected chi connectivity index (χ4v) is 1.94. The third-order valence-corrected chi connectivity index (χ3v) is 7.59. The van der Waals surface area contributed by atoms with Crippen LogP contribution in [0.5, 0.6) is 0 Å². The lowest BCUT2D eigenvalue weighted by molar-refractivity contribution is -0.142. The van der Waals surface area contributed by atoms with Gasteiger partial charge in [0.25, 0.3) is 0 Å². The molecule has 0 aromatic rings. The monoisotopic (exact) mass is 261 g/mol. The molecule has 100 valence electrons. The van der Waals surface area contributed by atoms with E-state index in [0.717, 1.165) is 0 Å². The number of rotatable bonds is 5. The topological polar surface area (TPSA) is 75.6 Å². The van der Waals surface area contributed by atoms with Crippen molar-refractivity contribution in [2.24, 2.45) is 0 Å². The summed E-state index contributed by atoms with van der Waals surface area (Å²) < 4.78 is 5.76. The van der Waals surface area contributed by atoms with Crippen LogP contribution in [-0.4, -0.2) is 37.9 Å². The molecule has 1 amide bonds. The number of carboxylic acids is 1. The molecular weight excluding hydrogens is 238 g/mol. The summed E-state index contributed by atoms with van der Waals surface area (Å²) in [6, 6.07) is -0.971. The molecule has 6 heteroatoms. The average Bonchev–Trinajstić information content (AvgIpc) is 2.09. The highest BCUT2D eigenvalue weighted by molar-refractivity contribution is 6.74. The molecule has 0 unspecified atom stereocenters. The van der Waals surface area contributed by atoms with Gasteiger partial charge in [-0.3, -0.25) is 4.79 Å². The standard InChI is InChI=1S/C11H23NO4Si/c1-8(13)12-9(10(14)15)7-16-17(5,6)11(2,3)4/h9H,7H2,1-6H3,(H,12,13)(H,14,15)/t9-/m0/s1. The van der Waals surface area contributed by atoms with Gasteiger partial charge in [0.2, 0.25) is 5.91 Å². The molecule has 0 bridgehead atoms. The summed E-state index contributed by atoms with van der Waals surface area (Å²) in [5.74, 6) is -1.44. The van der Waals surface area contributed by atoms with E-state index >= 15 is 0 Å². The van der Waals surface area contributed by atoms with Crippen molar-refractivity contribution < 1.29 is 19.1 Å². The molecule has 2 N–H and O–H groups in total. The molecule has 0 radical (unpaired) electrons. The first kappa shape index (κ1) is 16.1. The summed E-state index contributed by atoms with van der Waals surface area (Å²) in [5, 5.41) is 11.3. The molecule has 0 spiro atoms. The van der Waals surface area contributed by atoms with E-state index in [-0.39, 0.29) is 17.6 Å². The summed E-state index contributed by atoms with van der Waals surface area (Å²) >= 11 is 0. The molecule has 5 nitrogen and oxygen atoms in total. The molecule has 0 aromatic carbocycles. The van der Waals surface area contributed by atoms with Crippen molar-refractivity contribution in [1.29, 1.82) is 0 Å². The highest BCUT2D eigenvalue weighted by Crippen LogP contribution is 2.36. The number of hydrogen-bond acceptors (Lipinski definition) is 3. The highest BCUT2D eigenvalue weighted by atomic mass is 28.4. The Morgan fingerprint density at radius 2 is 1.82 bits per heavy atom. The van der Waals surface area contributed by atoms with Crippen LogP contribution in [-0.2, 0) is 14.0 Å². The Hall–Kier alpha value is -0.883. The largest absolute Gasteiger partial charge is 0.480 e. The number of aliphatic carboxylic acids is 1. The minimum Gasteiger partial charge on any atom is -0.480 e. The average molecular weight is 261 g/mol. The van der Waals surface area contributed by atoms with Crippen molar-refractivity contribution in [1.82, 2.24) is 5.32 Å². The van der Waals surface area contributed by atoms with Gasteiger partial charge in [-0.1, -0.05) is 20.8 Å². The number of carbonyl (C=O) groups excluding carboxylic acids is 1. The van der Waals surface area contributed by atoms with Gasteiger partial charge in [0, 0.05) is 6.92 Å². The highest BCUT2D eigenvalue weighted by Gasteiger charge is 2.38. The van der Waals surface area contributed by atoms with Crippen molar-refractivity contribution >= 4 is 20.2 Å². The van der Waals surface area contributed by atoms with Crippen LogP contribution < -0.4 is 5.32 Å². The first-order chi connectivity index (χ1) is 7.47. The summed E-state index contributed by atoms with van der Waals surface area (Å²) in [7, 11) is -1.98. The molecule has 0 fully saturated rings. The first-order valence-corrected chi connectivity index (χ1v) is 8.52. The molecular formula is C11H23NO4Si. The Balaban J connectivity index is 4.51. The number of carbonyl (C=O) groups is 2. The van der Waals surface area contributed by atoms with E-state index in [1.165, 1.54) is 6.92 Å². The van der Waals surface area contributed by atoms with Crippen molar-refractivity contribution in [3.05, 3.63) is 0 Å². The van der Waals surface area contributed by atoms with Crippen molar-refractivity contribution in [3.63, 3.8) is 0 Å². The fourth-order valence-electron chi connectivity index (χ4n) is 0.928. The van der Waals surface area contributed by atoms with E-state index in [0.29, 0.717) is 0 Å². The van der Waals surface area contributed by atoms with Crippen LogP contribution in [0, 0.1) is 0 Å². The Morgan fingerprint density at radius 3 is 2.12 bits per heavy atom. The quantitative estimate of drug-likeness (QED) is 0.737. The molecule has 0 aliphatic carbocycles. The van der Waals surface area contributed by atoms with E-state index in [1.807, 2.05) is 13.1 Å². The lowest BCUT2D eigenvalue weighted by atomic mass is 10.2.